The van der Waals surface area contributed by atoms with Crippen LogP contribution >= 0.6 is 0 Å². The van der Waals surface area contributed by atoms with Gasteiger partial charge in [-0.15, -0.1) is 0 Å². The number of alkyl carbamates (subject to hydrolysis) is 1. The molecule has 0 bridgehead atoms. The lowest BCUT2D eigenvalue weighted by Gasteiger charge is -2.27. The molecule has 2 N–H and O–H groups in total. The Kier molecular flexibility index (Phi) is 7.30. The number of hydrogen-bond acceptors (Lipinski definition) is 4. The molecule has 1 saturated heterocycles. The summed E-state index contributed by atoms with van der Waals surface area (Å²) in [5.74, 6) is -1.29. The first kappa shape index (κ1) is 23.5. The van der Waals surface area contributed by atoms with E-state index in [0.29, 0.717) is 18.5 Å². The first-order valence-corrected chi connectivity index (χ1v) is 11.8. The predicted octanol–water partition coefficient (Wildman–Crippen LogP) is 4.33. The number of fused-ring (bicyclic) bond motifs is 3. The molecule has 0 aromatic heterocycles. The lowest BCUT2D eigenvalue weighted by Crippen LogP contribution is -2.45. The normalized spacial score (nSPS) is 18.0. The maximum Gasteiger partial charge on any atom is 0.407 e. The minimum absolute atomic E-state index is 0.0204. The number of likely N-dealkylation sites (tertiary alicyclic amines) is 1. The van der Waals surface area contributed by atoms with E-state index < -0.39 is 18.1 Å². The summed E-state index contributed by atoms with van der Waals surface area (Å²) in [5, 5.41) is 12.2. The minimum atomic E-state index is -0.972. The average Bonchev–Trinajstić information content (AvgIpc) is 2.97. The van der Waals surface area contributed by atoms with Crippen molar-refractivity contribution in [3.8, 4) is 11.1 Å². The van der Waals surface area contributed by atoms with Gasteiger partial charge >= 0.3 is 12.1 Å². The van der Waals surface area contributed by atoms with Crippen LogP contribution in [0.4, 0.5) is 4.79 Å². The fourth-order valence-corrected chi connectivity index (χ4v) is 4.86. The number of amides is 2. The van der Waals surface area contributed by atoms with Crippen molar-refractivity contribution in [2.45, 2.75) is 44.6 Å². The minimum Gasteiger partial charge on any atom is -0.480 e. The van der Waals surface area contributed by atoms with Gasteiger partial charge < -0.3 is 20.1 Å². The van der Waals surface area contributed by atoms with Crippen LogP contribution in [0.2, 0.25) is 0 Å². The van der Waals surface area contributed by atoms with E-state index in [-0.39, 0.29) is 25.0 Å². The summed E-state index contributed by atoms with van der Waals surface area (Å²) >= 11 is 0. The standard InChI is InChI=1S/C27H30N2O5/c1-18(25(30)29-16-8-2-3-13-24(29)26(31)32)14-15-28-27(33)34-17-23-21-11-6-4-9-19(21)20-10-5-7-12-22(20)23/h4-7,9-12,14,23-24H,2-3,8,13,15-17H2,1H3,(H,28,33)(H,31,32)/b18-14+. The van der Waals surface area contributed by atoms with Crippen LogP contribution in [0.5, 0.6) is 0 Å². The number of carbonyl (C=O) groups excluding carboxylic acids is 2. The monoisotopic (exact) mass is 462 g/mol. The zero-order valence-electron chi connectivity index (χ0n) is 19.3. The van der Waals surface area contributed by atoms with Crippen LogP contribution in [-0.4, -0.2) is 53.7 Å². The van der Waals surface area contributed by atoms with Gasteiger partial charge in [0, 0.05) is 24.6 Å². The third-order valence-corrected chi connectivity index (χ3v) is 6.63. The molecule has 1 heterocycles. The Labute approximate surface area is 199 Å². The van der Waals surface area contributed by atoms with Crippen molar-refractivity contribution in [3.05, 3.63) is 71.3 Å². The molecule has 7 nitrogen and oxygen atoms in total. The van der Waals surface area contributed by atoms with Crippen molar-refractivity contribution in [2.75, 3.05) is 19.7 Å². The first-order valence-electron chi connectivity index (χ1n) is 11.8. The van der Waals surface area contributed by atoms with Crippen LogP contribution in [0.15, 0.2) is 60.2 Å². The number of nitrogens with one attached hydrogen (secondary N) is 1. The van der Waals surface area contributed by atoms with Crippen molar-refractivity contribution in [1.29, 1.82) is 0 Å². The number of carboxylic acid groups (broad SMARTS) is 1. The zero-order valence-corrected chi connectivity index (χ0v) is 19.3. The van der Waals surface area contributed by atoms with E-state index in [1.165, 1.54) is 4.90 Å². The quantitative estimate of drug-likeness (QED) is 0.623. The highest BCUT2D eigenvalue weighted by Gasteiger charge is 2.31. The van der Waals surface area contributed by atoms with Crippen molar-refractivity contribution in [1.82, 2.24) is 10.2 Å². The summed E-state index contributed by atoms with van der Waals surface area (Å²) in [7, 11) is 0. The molecule has 1 unspecified atom stereocenters. The van der Waals surface area contributed by atoms with Gasteiger partial charge in [-0.2, -0.15) is 0 Å². The molecule has 0 saturated carbocycles. The lowest BCUT2D eigenvalue weighted by atomic mass is 9.98. The van der Waals surface area contributed by atoms with Gasteiger partial charge in [-0.3, -0.25) is 4.79 Å². The molecule has 1 atom stereocenters. The maximum absolute atomic E-state index is 12.8. The van der Waals surface area contributed by atoms with Crippen LogP contribution < -0.4 is 5.32 Å². The third-order valence-electron chi connectivity index (χ3n) is 6.63. The molecular formula is C27H30N2O5. The highest BCUT2D eigenvalue weighted by atomic mass is 16.5. The Balaban J connectivity index is 1.32. The molecule has 7 heteroatoms. The number of rotatable bonds is 6. The topological polar surface area (TPSA) is 95.9 Å². The fourth-order valence-electron chi connectivity index (χ4n) is 4.86. The van der Waals surface area contributed by atoms with E-state index in [0.717, 1.165) is 41.5 Å². The molecular weight excluding hydrogens is 432 g/mol. The molecule has 0 spiro atoms. The summed E-state index contributed by atoms with van der Waals surface area (Å²) in [6, 6.07) is 15.5. The smallest absolute Gasteiger partial charge is 0.407 e. The Hall–Kier alpha value is -3.61. The third kappa shape index (κ3) is 4.98. The van der Waals surface area contributed by atoms with Gasteiger partial charge in [0.2, 0.25) is 5.91 Å². The summed E-state index contributed by atoms with van der Waals surface area (Å²) in [4.78, 5) is 38.2. The second-order valence-electron chi connectivity index (χ2n) is 8.80. The lowest BCUT2D eigenvalue weighted by molar-refractivity contribution is -0.148. The SMILES string of the molecule is C/C(=C\CNC(=O)OCC1c2ccccc2-c2ccccc21)C(=O)N1CCCCCC1C(=O)O. The Morgan fingerprint density at radius 2 is 1.68 bits per heavy atom. The largest absolute Gasteiger partial charge is 0.480 e. The van der Waals surface area contributed by atoms with Crippen LogP contribution in [-0.2, 0) is 14.3 Å². The molecule has 34 heavy (non-hydrogen) atoms. The van der Waals surface area contributed by atoms with Crippen LogP contribution in [0.1, 0.15) is 49.7 Å². The van der Waals surface area contributed by atoms with E-state index >= 15 is 0 Å². The number of nitrogens with zero attached hydrogens (tertiary/aromatic N) is 1. The van der Waals surface area contributed by atoms with Gasteiger partial charge in [0.15, 0.2) is 0 Å². The average molecular weight is 463 g/mol. The van der Waals surface area contributed by atoms with E-state index in [1.807, 2.05) is 24.3 Å². The number of carbonyl (C=O) groups is 3. The molecule has 2 aromatic rings. The maximum atomic E-state index is 12.8. The van der Waals surface area contributed by atoms with Crippen molar-refractivity contribution >= 4 is 18.0 Å². The van der Waals surface area contributed by atoms with Gasteiger partial charge in [0.05, 0.1) is 0 Å². The second kappa shape index (κ2) is 10.5. The van der Waals surface area contributed by atoms with Gasteiger partial charge in [0.25, 0.3) is 0 Å². The van der Waals surface area contributed by atoms with Gasteiger partial charge in [-0.1, -0.05) is 67.4 Å². The van der Waals surface area contributed by atoms with Crippen LogP contribution in [0.25, 0.3) is 11.1 Å². The molecule has 1 aliphatic heterocycles. The molecule has 178 valence electrons. The van der Waals surface area contributed by atoms with Crippen LogP contribution in [0, 0.1) is 0 Å². The summed E-state index contributed by atoms with van der Waals surface area (Å²) < 4.78 is 5.51. The van der Waals surface area contributed by atoms with Gasteiger partial charge in [-0.05, 0) is 42.0 Å². The van der Waals surface area contributed by atoms with Crippen LogP contribution in [0.3, 0.4) is 0 Å². The first-order chi connectivity index (χ1) is 16.5. The molecule has 1 aliphatic carbocycles. The predicted molar refractivity (Wildman–Crippen MR) is 128 cm³/mol. The Bertz CT molecular complexity index is 1060. The van der Waals surface area contributed by atoms with E-state index in [4.69, 9.17) is 4.74 Å². The van der Waals surface area contributed by atoms with E-state index in [2.05, 4.69) is 29.6 Å². The molecule has 2 aliphatic rings. The number of hydrogen-bond donors (Lipinski definition) is 2. The molecule has 1 fully saturated rings. The number of carboxylic acids is 1. The zero-order chi connectivity index (χ0) is 24.1. The summed E-state index contributed by atoms with van der Waals surface area (Å²) in [6.45, 7) is 2.42. The van der Waals surface area contributed by atoms with Gasteiger partial charge in [0.1, 0.15) is 12.6 Å². The fraction of sp³-hybridized carbons (Fsp3) is 0.370. The van der Waals surface area contributed by atoms with E-state index in [1.54, 1.807) is 13.0 Å². The van der Waals surface area contributed by atoms with Crippen molar-refractivity contribution < 1.29 is 24.2 Å². The van der Waals surface area contributed by atoms with Crippen molar-refractivity contribution in [3.63, 3.8) is 0 Å². The van der Waals surface area contributed by atoms with Crippen molar-refractivity contribution in [2.24, 2.45) is 0 Å². The van der Waals surface area contributed by atoms with E-state index in [9.17, 15) is 19.5 Å². The summed E-state index contributed by atoms with van der Waals surface area (Å²) in [5.41, 5.74) is 5.02. The Morgan fingerprint density at radius 1 is 1.03 bits per heavy atom. The highest BCUT2D eigenvalue weighted by Crippen LogP contribution is 2.44. The number of benzene rings is 2. The molecule has 0 radical (unpaired) electrons. The Morgan fingerprint density at radius 3 is 2.32 bits per heavy atom. The molecule has 2 amide bonds. The molecule has 4 rings (SSSR count). The molecule has 2 aromatic carbocycles. The number of aliphatic carboxylic acids is 1. The van der Waals surface area contributed by atoms with Gasteiger partial charge in [-0.25, -0.2) is 9.59 Å². The summed E-state index contributed by atoms with van der Waals surface area (Å²) in [6.07, 6.45) is 4.02. The second-order valence-corrected chi connectivity index (χ2v) is 8.80. The number of ether oxygens (including phenoxy) is 1. The highest BCUT2D eigenvalue weighted by molar-refractivity contribution is 5.95.